The zero-order chi connectivity index (χ0) is 25.0. The average Bonchev–Trinajstić information content (AvgIpc) is 3.24. The van der Waals surface area contributed by atoms with E-state index in [9.17, 15) is 13.2 Å². The van der Waals surface area contributed by atoms with Gasteiger partial charge in [-0.2, -0.15) is 5.10 Å². The number of urea groups is 1. The number of allylic oxidation sites excluding steroid dienone is 1. The summed E-state index contributed by atoms with van der Waals surface area (Å²) in [6.07, 6.45) is 6.42. The first kappa shape index (κ1) is 25.1. The van der Waals surface area contributed by atoms with Gasteiger partial charge in [0.15, 0.2) is 0 Å². The van der Waals surface area contributed by atoms with Crippen molar-refractivity contribution in [1.82, 2.24) is 19.8 Å². The largest absolute Gasteiger partial charge is 0.495 e. The van der Waals surface area contributed by atoms with Crippen LogP contribution in [0.5, 0.6) is 5.75 Å². The van der Waals surface area contributed by atoms with Crippen LogP contribution >= 0.6 is 23.2 Å². The number of aryl methyl sites for hydroxylation is 1. The molecule has 0 saturated heterocycles. The minimum absolute atomic E-state index is 0.113. The van der Waals surface area contributed by atoms with Crippen LogP contribution in [-0.2, 0) is 23.0 Å². The lowest BCUT2D eigenvalue weighted by molar-refractivity contribution is 0.247. The first-order chi connectivity index (χ1) is 16.8. The molecule has 0 fully saturated rings. The minimum atomic E-state index is -4.09. The number of carbonyl (C=O) groups excluding carboxylic acids is 1. The fourth-order valence-electron chi connectivity index (χ4n) is 4.02. The Bertz CT molecular complexity index is 1390. The normalized spacial score (nSPS) is 14.4. The van der Waals surface area contributed by atoms with E-state index in [1.807, 2.05) is 27.7 Å². The number of hydrogen-bond acceptors (Lipinski definition) is 5. The number of fused-ring (bicyclic) bond motifs is 1. The van der Waals surface area contributed by atoms with E-state index in [0.717, 1.165) is 41.7 Å². The quantitative estimate of drug-likeness (QED) is 0.459. The maximum atomic E-state index is 12.6. The Balaban J connectivity index is 1.45. The van der Waals surface area contributed by atoms with Gasteiger partial charge in [-0.05, 0) is 60.2 Å². The van der Waals surface area contributed by atoms with Gasteiger partial charge in [0.05, 0.1) is 25.5 Å². The number of halogens is 2. The van der Waals surface area contributed by atoms with Gasteiger partial charge >= 0.3 is 6.03 Å². The lowest BCUT2D eigenvalue weighted by Crippen LogP contribution is -2.39. The Kier molecular flexibility index (Phi) is 7.69. The van der Waals surface area contributed by atoms with Crippen LogP contribution in [0.15, 0.2) is 59.6 Å². The van der Waals surface area contributed by atoms with Crippen LogP contribution in [0.1, 0.15) is 29.7 Å². The van der Waals surface area contributed by atoms with Gasteiger partial charge in [-0.15, -0.1) is 0 Å². The summed E-state index contributed by atoms with van der Waals surface area (Å²) in [6, 6.07) is 10.6. The van der Waals surface area contributed by atoms with Gasteiger partial charge < -0.3 is 10.1 Å². The molecule has 184 valence electrons. The summed E-state index contributed by atoms with van der Waals surface area (Å²) in [6.45, 7) is 0.628. The number of methoxy groups -OCH3 is 1. The van der Waals surface area contributed by atoms with E-state index in [0.29, 0.717) is 16.6 Å². The second kappa shape index (κ2) is 10.7. The molecule has 0 atom stereocenters. The Morgan fingerprint density at radius 1 is 1.20 bits per heavy atom. The molecule has 2 amide bonds. The number of aromatic nitrogens is 2. The van der Waals surface area contributed by atoms with Crippen LogP contribution in [0.2, 0.25) is 10.0 Å². The summed E-state index contributed by atoms with van der Waals surface area (Å²) < 4.78 is 34.2. The smallest absolute Gasteiger partial charge is 0.328 e. The Hall–Kier alpha value is -3.01. The van der Waals surface area contributed by atoms with Crippen LogP contribution in [-0.4, -0.2) is 37.9 Å². The molecular weight excluding hydrogens is 511 g/mol. The van der Waals surface area contributed by atoms with Crippen LogP contribution in [0, 0.1) is 0 Å². The molecule has 35 heavy (non-hydrogen) atoms. The zero-order valence-corrected chi connectivity index (χ0v) is 21.3. The molecule has 0 saturated carbocycles. The lowest BCUT2D eigenvalue weighted by Gasteiger charge is -2.18. The molecule has 2 N–H and O–H groups in total. The van der Waals surface area contributed by atoms with Crippen molar-refractivity contribution < 1.29 is 17.9 Å². The average molecular weight is 535 g/mol. The van der Waals surface area contributed by atoms with E-state index in [2.05, 4.69) is 10.4 Å². The number of amides is 2. The summed E-state index contributed by atoms with van der Waals surface area (Å²) in [5.41, 5.74) is 4.04. The van der Waals surface area contributed by atoms with Crippen molar-refractivity contribution in [3.05, 3.63) is 81.6 Å². The van der Waals surface area contributed by atoms with Gasteiger partial charge in [0.1, 0.15) is 10.6 Å². The van der Waals surface area contributed by atoms with Crippen molar-refractivity contribution in [3.8, 4) is 5.75 Å². The molecule has 1 aromatic heterocycles. The maximum Gasteiger partial charge on any atom is 0.328 e. The molecule has 0 unspecified atom stereocenters. The molecule has 0 bridgehead atoms. The molecule has 1 aliphatic rings. The number of rotatable bonds is 7. The molecular formula is C24H24Cl2N4O4S. The summed E-state index contributed by atoms with van der Waals surface area (Å²) in [4.78, 5) is 12.2. The highest BCUT2D eigenvalue weighted by atomic mass is 35.5. The monoisotopic (exact) mass is 534 g/mol. The number of sulfonamides is 1. The van der Waals surface area contributed by atoms with Crippen LogP contribution in [0.25, 0.3) is 5.57 Å². The standard InChI is InChI=1S/C24H24Cl2N4O4S/c1-34-21-7-2-3-8-22(21)35(32,33)29-24(31)27-12-11-16-5-4-6-17-14-28-30(23(16)17)15-18-9-10-19(25)13-20(18)26/h2-3,7-11,13-14H,4-6,12,15H2,1H3,(H2,27,29,31). The molecule has 8 nitrogen and oxygen atoms in total. The van der Waals surface area contributed by atoms with Crippen molar-refractivity contribution in [3.63, 3.8) is 0 Å². The SMILES string of the molecule is COc1ccccc1S(=O)(=O)NC(=O)NCC=C1CCCc2cnn(Cc3ccc(Cl)cc3Cl)c21. The molecule has 0 aliphatic heterocycles. The molecule has 1 heterocycles. The Labute approximate surface area is 213 Å². The van der Waals surface area contributed by atoms with E-state index in [-0.39, 0.29) is 17.2 Å². The summed E-state index contributed by atoms with van der Waals surface area (Å²) >= 11 is 12.4. The molecule has 11 heteroatoms. The first-order valence-electron chi connectivity index (χ1n) is 10.9. The summed E-state index contributed by atoms with van der Waals surface area (Å²) in [7, 11) is -2.72. The van der Waals surface area contributed by atoms with E-state index in [1.54, 1.807) is 24.3 Å². The number of carbonyl (C=O) groups is 1. The highest BCUT2D eigenvalue weighted by Gasteiger charge is 2.22. The van der Waals surface area contributed by atoms with Gasteiger partial charge in [-0.3, -0.25) is 4.68 Å². The minimum Gasteiger partial charge on any atom is -0.495 e. The zero-order valence-electron chi connectivity index (χ0n) is 18.9. The number of para-hydroxylation sites is 1. The van der Waals surface area contributed by atoms with Crippen molar-refractivity contribution >= 4 is 44.8 Å². The Morgan fingerprint density at radius 3 is 2.77 bits per heavy atom. The summed E-state index contributed by atoms with van der Waals surface area (Å²) in [5.74, 6) is 0.152. The van der Waals surface area contributed by atoms with Crippen LogP contribution in [0.4, 0.5) is 4.79 Å². The van der Waals surface area contributed by atoms with Crippen molar-refractivity contribution in [2.45, 2.75) is 30.7 Å². The van der Waals surface area contributed by atoms with E-state index in [1.165, 1.54) is 19.2 Å². The van der Waals surface area contributed by atoms with Gasteiger partial charge in [-0.1, -0.05) is 47.5 Å². The molecule has 4 rings (SSSR count). The first-order valence-corrected chi connectivity index (χ1v) is 13.1. The van der Waals surface area contributed by atoms with Crippen LogP contribution < -0.4 is 14.8 Å². The third kappa shape index (κ3) is 5.80. The maximum absolute atomic E-state index is 12.6. The second-order valence-corrected chi connectivity index (χ2v) is 10.5. The number of benzene rings is 2. The lowest BCUT2D eigenvalue weighted by atomic mass is 9.92. The topological polar surface area (TPSA) is 102 Å². The van der Waals surface area contributed by atoms with E-state index < -0.39 is 16.1 Å². The van der Waals surface area contributed by atoms with Crippen molar-refractivity contribution in [2.75, 3.05) is 13.7 Å². The molecule has 3 aromatic rings. The second-order valence-electron chi connectivity index (χ2n) is 7.96. The number of ether oxygens (including phenoxy) is 1. The van der Waals surface area contributed by atoms with E-state index >= 15 is 0 Å². The van der Waals surface area contributed by atoms with Gasteiger partial charge in [0, 0.05) is 16.6 Å². The van der Waals surface area contributed by atoms with Crippen molar-refractivity contribution in [1.29, 1.82) is 0 Å². The fourth-order valence-corrected chi connectivity index (χ4v) is 5.59. The van der Waals surface area contributed by atoms with Gasteiger partial charge in [0.2, 0.25) is 0 Å². The van der Waals surface area contributed by atoms with Crippen molar-refractivity contribution in [2.24, 2.45) is 0 Å². The third-order valence-corrected chi connectivity index (χ3v) is 7.60. The predicted octanol–water partition coefficient (Wildman–Crippen LogP) is 4.65. The number of nitrogens with zero attached hydrogens (tertiary/aromatic N) is 2. The van der Waals surface area contributed by atoms with Gasteiger partial charge in [-0.25, -0.2) is 17.9 Å². The highest BCUT2D eigenvalue weighted by molar-refractivity contribution is 7.90. The molecule has 0 spiro atoms. The van der Waals surface area contributed by atoms with E-state index in [4.69, 9.17) is 27.9 Å². The van der Waals surface area contributed by atoms with Crippen LogP contribution in [0.3, 0.4) is 0 Å². The Morgan fingerprint density at radius 2 is 2.00 bits per heavy atom. The third-order valence-electron chi connectivity index (χ3n) is 5.64. The molecule has 1 aliphatic carbocycles. The number of hydrogen-bond donors (Lipinski definition) is 2. The molecule has 0 radical (unpaired) electrons. The predicted molar refractivity (Wildman–Crippen MR) is 135 cm³/mol. The molecule has 2 aromatic carbocycles. The van der Waals surface area contributed by atoms with Gasteiger partial charge in [0.25, 0.3) is 10.0 Å². The highest BCUT2D eigenvalue weighted by Crippen LogP contribution is 2.32. The summed E-state index contributed by atoms with van der Waals surface area (Å²) in [5, 5.41) is 8.27. The number of nitrogens with one attached hydrogen (secondary N) is 2. The fraction of sp³-hybridized carbons (Fsp3) is 0.250.